The maximum atomic E-state index is 12.7. The zero-order chi connectivity index (χ0) is 13.6. The lowest BCUT2D eigenvalue weighted by atomic mass is 9.84. The number of fused-ring (bicyclic) bond motifs is 2. The van der Waals surface area contributed by atoms with Crippen molar-refractivity contribution in [2.45, 2.75) is 44.7 Å². The second kappa shape index (κ2) is 4.60. The van der Waals surface area contributed by atoms with E-state index in [-0.39, 0.29) is 11.7 Å². The molecule has 19 heavy (non-hydrogen) atoms. The molecule has 102 valence electrons. The number of hydrogen-bond donors (Lipinski definition) is 1. The number of aryl methyl sites for hydroxylation is 1. The van der Waals surface area contributed by atoms with Gasteiger partial charge in [0.1, 0.15) is 5.82 Å². The van der Waals surface area contributed by atoms with Crippen molar-refractivity contribution in [3.8, 4) is 0 Å². The first kappa shape index (κ1) is 12.6. The van der Waals surface area contributed by atoms with Crippen LogP contribution in [-0.4, -0.2) is 34.8 Å². The van der Waals surface area contributed by atoms with Gasteiger partial charge < -0.3 is 10.6 Å². The number of anilines is 1. The molecule has 3 rings (SSSR count). The minimum atomic E-state index is 0.124. The first-order valence-electron chi connectivity index (χ1n) is 7.05. The zero-order valence-electron chi connectivity index (χ0n) is 11.6. The molecule has 2 aliphatic heterocycles. The Morgan fingerprint density at radius 3 is 2.58 bits per heavy atom. The third-order valence-corrected chi connectivity index (χ3v) is 4.90. The van der Waals surface area contributed by atoms with Gasteiger partial charge in [0.15, 0.2) is 5.78 Å². The molecule has 2 unspecified atom stereocenters. The lowest BCUT2D eigenvalue weighted by Crippen LogP contribution is -2.42. The molecule has 0 aromatic carbocycles. The Morgan fingerprint density at radius 2 is 2.00 bits per heavy atom. The van der Waals surface area contributed by atoms with Gasteiger partial charge in [0.2, 0.25) is 0 Å². The Morgan fingerprint density at radius 1 is 1.37 bits per heavy atom. The maximum absolute atomic E-state index is 12.7. The van der Waals surface area contributed by atoms with Gasteiger partial charge in [-0.15, -0.1) is 0 Å². The molecule has 1 aromatic heterocycles. The lowest BCUT2D eigenvalue weighted by Gasteiger charge is -2.35. The van der Waals surface area contributed by atoms with E-state index in [0.29, 0.717) is 23.5 Å². The molecule has 2 saturated heterocycles. The third kappa shape index (κ3) is 2.04. The summed E-state index contributed by atoms with van der Waals surface area (Å²) in [6, 6.07) is 3.02. The summed E-state index contributed by atoms with van der Waals surface area (Å²) in [5.41, 5.74) is 7.50. The molecule has 0 saturated carbocycles. The normalized spacial score (nSPS) is 30.5. The average molecular weight is 259 g/mol. The fraction of sp³-hybridized carbons (Fsp3) is 0.600. The fourth-order valence-corrected chi connectivity index (χ4v) is 3.73. The van der Waals surface area contributed by atoms with E-state index >= 15 is 0 Å². The van der Waals surface area contributed by atoms with Gasteiger partial charge in [-0.2, -0.15) is 0 Å². The van der Waals surface area contributed by atoms with E-state index < -0.39 is 0 Å². The van der Waals surface area contributed by atoms with Crippen LogP contribution in [0.1, 0.15) is 41.6 Å². The second-order valence-corrected chi connectivity index (χ2v) is 5.97. The van der Waals surface area contributed by atoms with E-state index in [2.05, 4.69) is 16.9 Å². The highest BCUT2D eigenvalue weighted by Crippen LogP contribution is 2.39. The lowest BCUT2D eigenvalue weighted by molar-refractivity contribution is 0.0767. The molecule has 4 nitrogen and oxygen atoms in total. The predicted molar refractivity (Wildman–Crippen MR) is 75.0 cm³/mol. The van der Waals surface area contributed by atoms with E-state index in [0.717, 1.165) is 18.4 Å². The first-order chi connectivity index (χ1) is 9.08. The number of carbonyl (C=O) groups is 1. The monoisotopic (exact) mass is 259 g/mol. The molecule has 2 N–H and O–H groups in total. The van der Waals surface area contributed by atoms with Gasteiger partial charge in [0.05, 0.1) is 5.56 Å². The zero-order valence-corrected chi connectivity index (χ0v) is 11.6. The van der Waals surface area contributed by atoms with Crippen LogP contribution in [0, 0.1) is 12.8 Å². The highest BCUT2D eigenvalue weighted by molar-refractivity contribution is 6.02. The van der Waals surface area contributed by atoms with Gasteiger partial charge >= 0.3 is 0 Å². The SMILES string of the molecule is Cc1ccnc(N)c1C(=O)C1CC2CCC(C1)N2C. The van der Waals surface area contributed by atoms with Crippen molar-refractivity contribution in [2.24, 2.45) is 5.92 Å². The van der Waals surface area contributed by atoms with E-state index in [1.54, 1.807) is 6.20 Å². The van der Waals surface area contributed by atoms with Crippen LogP contribution in [0.2, 0.25) is 0 Å². The molecule has 2 fully saturated rings. The van der Waals surface area contributed by atoms with Crippen molar-refractivity contribution in [1.29, 1.82) is 0 Å². The molecule has 1 aromatic rings. The van der Waals surface area contributed by atoms with Gasteiger partial charge in [-0.05, 0) is 51.3 Å². The highest BCUT2D eigenvalue weighted by atomic mass is 16.1. The molecule has 0 spiro atoms. The summed E-state index contributed by atoms with van der Waals surface area (Å²) < 4.78 is 0. The summed E-state index contributed by atoms with van der Waals surface area (Å²) in [5.74, 6) is 0.711. The first-order valence-corrected chi connectivity index (χ1v) is 7.05. The van der Waals surface area contributed by atoms with Crippen LogP contribution >= 0.6 is 0 Å². The van der Waals surface area contributed by atoms with Crippen LogP contribution in [0.4, 0.5) is 5.82 Å². The van der Waals surface area contributed by atoms with Gasteiger partial charge in [0, 0.05) is 24.2 Å². The standard InChI is InChI=1S/C15H21N3O/c1-9-5-6-17-15(16)13(9)14(19)10-7-11-3-4-12(8-10)18(11)2/h5-6,10-12H,3-4,7-8H2,1-2H3,(H2,16,17). The van der Waals surface area contributed by atoms with Gasteiger partial charge in [-0.3, -0.25) is 4.79 Å². The summed E-state index contributed by atoms with van der Waals surface area (Å²) >= 11 is 0. The molecule has 2 atom stereocenters. The van der Waals surface area contributed by atoms with E-state index in [1.165, 1.54) is 12.8 Å². The number of aromatic nitrogens is 1. The Labute approximate surface area is 114 Å². The smallest absolute Gasteiger partial charge is 0.170 e. The van der Waals surface area contributed by atoms with Crippen molar-refractivity contribution < 1.29 is 4.79 Å². The molecular formula is C15H21N3O. The number of piperidine rings is 1. The van der Waals surface area contributed by atoms with Crippen LogP contribution < -0.4 is 5.73 Å². The number of ketones is 1. The van der Waals surface area contributed by atoms with Crippen molar-refractivity contribution in [2.75, 3.05) is 12.8 Å². The molecule has 0 radical (unpaired) electrons. The number of nitrogens with zero attached hydrogens (tertiary/aromatic N) is 2. The van der Waals surface area contributed by atoms with Crippen LogP contribution in [0.15, 0.2) is 12.3 Å². The molecule has 4 heteroatoms. The minimum absolute atomic E-state index is 0.124. The fourth-order valence-electron chi connectivity index (χ4n) is 3.73. The largest absolute Gasteiger partial charge is 0.383 e. The highest BCUT2D eigenvalue weighted by Gasteiger charge is 2.41. The number of rotatable bonds is 2. The number of Topliss-reactive ketones (excluding diaryl/α,β-unsaturated/α-hetero) is 1. The molecule has 0 amide bonds. The number of hydrogen-bond acceptors (Lipinski definition) is 4. The molecule has 3 heterocycles. The van der Waals surface area contributed by atoms with Gasteiger partial charge in [-0.1, -0.05) is 0 Å². The van der Waals surface area contributed by atoms with E-state index in [1.807, 2.05) is 13.0 Å². The summed E-state index contributed by atoms with van der Waals surface area (Å²) in [6.07, 6.45) is 6.07. The summed E-state index contributed by atoms with van der Waals surface area (Å²) in [5, 5.41) is 0. The van der Waals surface area contributed by atoms with Crippen LogP contribution in [0.5, 0.6) is 0 Å². The topological polar surface area (TPSA) is 59.2 Å². The van der Waals surface area contributed by atoms with E-state index in [9.17, 15) is 4.79 Å². The maximum Gasteiger partial charge on any atom is 0.170 e. The Kier molecular flexibility index (Phi) is 3.05. The molecule has 2 aliphatic rings. The summed E-state index contributed by atoms with van der Waals surface area (Å²) in [6.45, 7) is 1.94. The van der Waals surface area contributed by atoms with Crippen LogP contribution in [-0.2, 0) is 0 Å². The van der Waals surface area contributed by atoms with Crippen molar-refractivity contribution >= 4 is 11.6 Å². The average Bonchev–Trinajstić information content (AvgIpc) is 2.62. The van der Waals surface area contributed by atoms with E-state index in [4.69, 9.17) is 5.73 Å². The third-order valence-electron chi connectivity index (χ3n) is 4.90. The quantitative estimate of drug-likeness (QED) is 0.826. The summed E-state index contributed by atoms with van der Waals surface area (Å²) in [4.78, 5) is 19.2. The number of nitrogens with two attached hydrogens (primary N) is 1. The predicted octanol–water partition coefficient (Wildman–Crippen LogP) is 2.03. The van der Waals surface area contributed by atoms with Gasteiger partial charge in [0.25, 0.3) is 0 Å². The van der Waals surface area contributed by atoms with Gasteiger partial charge in [-0.25, -0.2) is 4.98 Å². The van der Waals surface area contributed by atoms with Crippen molar-refractivity contribution in [3.63, 3.8) is 0 Å². The van der Waals surface area contributed by atoms with Crippen molar-refractivity contribution in [3.05, 3.63) is 23.4 Å². The Bertz CT molecular complexity index is 480. The second-order valence-electron chi connectivity index (χ2n) is 5.97. The number of pyridine rings is 1. The number of nitrogen functional groups attached to an aromatic ring is 1. The minimum Gasteiger partial charge on any atom is -0.383 e. The molecular weight excluding hydrogens is 238 g/mol. The summed E-state index contributed by atoms with van der Waals surface area (Å²) in [7, 11) is 2.19. The Hall–Kier alpha value is -1.42. The van der Waals surface area contributed by atoms with Crippen LogP contribution in [0.3, 0.4) is 0 Å². The molecule has 2 bridgehead atoms. The molecule has 0 aliphatic carbocycles. The number of carbonyl (C=O) groups excluding carboxylic acids is 1. The Balaban J connectivity index is 1.86. The van der Waals surface area contributed by atoms with Crippen LogP contribution in [0.25, 0.3) is 0 Å². The van der Waals surface area contributed by atoms with Crippen molar-refractivity contribution in [1.82, 2.24) is 9.88 Å².